The maximum absolute atomic E-state index is 5.10. The van der Waals surface area contributed by atoms with Crippen LogP contribution in [0.3, 0.4) is 0 Å². The van der Waals surface area contributed by atoms with Crippen molar-refractivity contribution in [3.63, 3.8) is 0 Å². The molecule has 0 aliphatic rings. The van der Waals surface area contributed by atoms with Crippen LogP contribution in [0.15, 0.2) is 0 Å². The Morgan fingerprint density at radius 3 is 2.00 bits per heavy atom. The SMILES string of the molecule is CC[C@H](C)[C@@H](C)OC. The van der Waals surface area contributed by atoms with Crippen LogP contribution in [0.25, 0.3) is 0 Å². The van der Waals surface area contributed by atoms with E-state index in [-0.39, 0.29) is 0 Å². The van der Waals surface area contributed by atoms with Gasteiger partial charge in [-0.2, -0.15) is 0 Å². The second-order valence-corrected chi connectivity index (χ2v) is 2.33. The first-order valence-electron chi connectivity index (χ1n) is 3.25. The average molecular weight is 116 g/mol. The molecule has 0 aromatic heterocycles. The van der Waals surface area contributed by atoms with Gasteiger partial charge in [0.05, 0.1) is 6.10 Å². The standard InChI is InChI=1S/C7H16O/c1-5-6(2)7(3)8-4/h6-7H,5H2,1-4H3/t6-,7+/m0/s1. The lowest BCUT2D eigenvalue weighted by atomic mass is 10.0. The predicted octanol–water partition coefficient (Wildman–Crippen LogP) is 2.07. The smallest absolute Gasteiger partial charge is 0.0568 e. The zero-order chi connectivity index (χ0) is 6.57. The van der Waals surface area contributed by atoms with Crippen LogP contribution in [0.4, 0.5) is 0 Å². The largest absolute Gasteiger partial charge is 0.381 e. The van der Waals surface area contributed by atoms with Crippen molar-refractivity contribution < 1.29 is 4.74 Å². The van der Waals surface area contributed by atoms with Gasteiger partial charge >= 0.3 is 0 Å². The van der Waals surface area contributed by atoms with E-state index in [4.69, 9.17) is 4.74 Å². The maximum atomic E-state index is 5.10. The van der Waals surface area contributed by atoms with E-state index in [2.05, 4.69) is 20.8 Å². The van der Waals surface area contributed by atoms with Gasteiger partial charge in [0.1, 0.15) is 0 Å². The summed E-state index contributed by atoms with van der Waals surface area (Å²) in [6.07, 6.45) is 1.62. The highest BCUT2D eigenvalue weighted by Gasteiger charge is 2.06. The minimum atomic E-state index is 0.417. The van der Waals surface area contributed by atoms with Crippen LogP contribution in [0.5, 0.6) is 0 Å². The number of methoxy groups -OCH3 is 1. The topological polar surface area (TPSA) is 9.23 Å². The molecule has 0 aromatic rings. The molecule has 0 fully saturated rings. The summed E-state index contributed by atoms with van der Waals surface area (Å²) in [7, 11) is 1.76. The normalized spacial score (nSPS) is 18.0. The van der Waals surface area contributed by atoms with Crippen LogP contribution >= 0.6 is 0 Å². The van der Waals surface area contributed by atoms with Gasteiger partial charge in [-0.15, -0.1) is 0 Å². The molecule has 0 unspecified atom stereocenters. The summed E-state index contributed by atoms with van der Waals surface area (Å²) in [5.74, 6) is 0.694. The lowest BCUT2D eigenvalue weighted by molar-refractivity contribution is 0.0723. The highest BCUT2D eigenvalue weighted by Crippen LogP contribution is 2.08. The molecule has 0 saturated carbocycles. The van der Waals surface area contributed by atoms with Crippen LogP contribution < -0.4 is 0 Å². The van der Waals surface area contributed by atoms with Crippen molar-refractivity contribution in [2.75, 3.05) is 7.11 Å². The fraction of sp³-hybridized carbons (Fsp3) is 1.00. The number of hydrogen-bond donors (Lipinski definition) is 0. The molecule has 0 saturated heterocycles. The zero-order valence-electron chi connectivity index (χ0n) is 6.27. The van der Waals surface area contributed by atoms with Gasteiger partial charge in [0.15, 0.2) is 0 Å². The highest BCUT2D eigenvalue weighted by atomic mass is 16.5. The molecule has 0 aliphatic carbocycles. The Morgan fingerprint density at radius 2 is 1.88 bits per heavy atom. The molecule has 0 amide bonds. The third-order valence-electron chi connectivity index (χ3n) is 1.82. The molecule has 50 valence electrons. The number of rotatable bonds is 3. The molecule has 0 bridgehead atoms. The summed E-state index contributed by atoms with van der Waals surface area (Å²) < 4.78 is 5.10. The third-order valence-corrected chi connectivity index (χ3v) is 1.82. The summed E-state index contributed by atoms with van der Waals surface area (Å²) in [6, 6.07) is 0. The molecule has 0 spiro atoms. The van der Waals surface area contributed by atoms with Crippen LogP contribution in [-0.4, -0.2) is 13.2 Å². The third kappa shape index (κ3) is 2.31. The Hall–Kier alpha value is -0.0400. The zero-order valence-corrected chi connectivity index (χ0v) is 6.27. The molecule has 1 heteroatoms. The molecule has 0 heterocycles. The highest BCUT2D eigenvalue weighted by molar-refractivity contribution is 4.56. The summed E-state index contributed by atoms with van der Waals surface area (Å²) >= 11 is 0. The summed E-state index contributed by atoms with van der Waals surface area (Å²) in [6.45, 7) is 6.49. The molecule has 0 N–H and O–H groups in total. The van der Waals surface area contributed by atoms with Gasteiger partial charge in [0, 0.05) is 7.11 Å². The Balaban J connectivity index is 3.29. The van der Waals surface area contributed by atoms with Gasteiger partial charge in [0.25, 0.3) is 0 Å². The van der Waals surface area contributed by atoms with Crippen molar-refractivity contribution in [2.45, 2.75) is 33.3 Å². The van der Waals surface area contributed by atoms with E-state index in [9.17, 15) is 0 Å². The lowest BCUT2D eigenvalue weighted by Gasteiger charge is -2.15. The van der Waals surface area contributed by atoms with Gasteiger partial charge in [-0.3, -0.25) is 0 Å². The fourth-order valence-electron chi connectivity index (χ4n) is 0.564. The first-order valence-corrected chi connectivity index (χ1v) is 3.25. The van der Waals surface area contributed by atoms with Gasteiger partial charge in [0.2, 0.25) is 0 Å². The van der Waals surface area contributed by atoms with Crippen LogP contribution in [0.2, 0.25) is 0 Å². The van der Waals surface area contributed by atoms with E-state index in [1.807, 2.05) is 0 Å². The molecule has 0 aliphatic heterocycles. The van der Waals surface area contributed by atoms with Gasteiger partial charge in [-0.05, 0) is 12.8 Å². The minimum Gasteiger partial charge on any atom is -0.381 e. The molecule has 0 aromatic carbocycles. The Labute approximate surface area is 52.0 Å². The molecular weight excluding hydrogens is 100 g/mol. The van der Waals surface area contributed by atoms with E-state index in [1.165, 1.54) is 6.42 Å². The number of ether oxygens (including phenoxy) is 1. The Bertz CT molecular complexity index is 44.3. The van der Waals surface area contributed by atoms with Crippen LogP contribution in [-0.2, 0) is 4.74 Å². The van der Waals surface area contributed by atoms with Crippen molar-refractivity contribution in [2.24, 2.45) is 5.92 Å². The second-order valence-electron chi connectivity index (χ2n) is 2.33. The van der Waals surface area contributed by atoms with Crippen LogP contribution in [0, 0.1) is 5.92 Å². The van der Waals surface area contributed by atoms with Gasteiger partial charge in [-0.1, -0.05) is 20.3 Å². The minimum absolute atomic E-state index is 0.417. The molecule has 1 nitrogen and oxygen atoms in total. The summed E-state index contributed by atoms with van der Waals surface area (Å²) in [5.41, 5.74) is 0. The van der Waals surface area contributed by atoms with E-state index in [0.717, 1.165) is 0 Å². The van der Waals surface area contributed by atoms with Crippen molar-refractivity contribution in [3.05, 3.63) is 0 Å². The van der Waals surface area contributed by atoms with Crippen molar-refractivity contribution in [3.8, 4) is 0 Å². The van der Waals surface area contributed by atoms with Crippen LogP contribution in [0.1, 0.15) is 27.2 Å². The molecule has 0 radical (unpaired) electrons. The van der Waals surface area contributed by atoms with E-state index in [1.54, 1.807) is 7.11 Å². The fourth-order valence-corrected chi connectivity index (χ4v) is 0.564. The molecule has 0 rings (SSSR count). The monoisotopic (exact) mass is 116 g/mol. The van der Waals surface area contributed by atoms with Gasteiger partial charge < -0.3 is 4.74 Å². The van der Waals surface area contributed by atoms with E-state index >= 15 is 0 Å². The Morgan fingerprint density at radius 1 is 1.38 bits per heavy atom. The predicted molar refractivity (Wildman–Crippen MR) is 35.9 cm³/mol. The van der Waals surface area contributed by atoms with E-state index < -0.39 is 0 Å². The molecular formula is C7H16O. The van der Waals surface area contributed by atoms with Crippen molar-refractivity contribution in [1.29, 1.82) is 0 Å². The average Bonchev–Trinajstić information content (AvgIpc) is 1.84. The first kappa shape index (κ1) is 7.96. The molecule has 8 heavy (non-hydrogen) atoms. The van der Waals surface area contributed by atoms with Crippen molar-refractivity contribution in [1.82, 2.24) is 0 Å². The second kappa shape index (κ2) is 3.90. The Kier molecular flexibility index (Phi) is 3.88. The number of hydrogen-bond acceptors (Lipinski definition) is 1. The maximum Gasteiger partial charge on any atom is 0.0568 e. The van der Waals surface area contributed by atoms with E-state index in [0.29, 0.717) is 12.0 Å². The lowest BCUT2D eigenvalue weighted by Crippen LogP contribution is -2.14. The van der Waals surface area contributed by atoms with Crippen molar-refractivity contribution >= 4 is 0 Å². The van der Waals surface area contributed by atoms with Gasteiger partial charge in [-0.25, -0.2) is 0 Å². The summed E-state index contributed by atoms with van der Waals surface area (Å²) in [5, 5.41) is 0. The molecule has 2 atom stereocenters. The quantitative estimate of drug-likeness (QED) is 0.548. The first-order chi connectivity index (χ1) is 3.72. The summed E-state index contributed by atoms with van der Waals surface area (Å²) in [4.78, 5) is 0.